The first-order valence-corrected chi connectivity index (χ1v) is 6.87. The van der Waals surface area contributed by atoms with E-state index in [9.17, 15) is 0 Å². The summed E-state index contributed by atoms with van der Waals surface area (Å²) in [7, 11) is 0. The molecular formula is C17H20. The van der Waals surface area contributed by atoms with Crippen LogP contribution >= 0.6 is 0 Å². The highest BCUT2D eigenvalue weighted by Crippen LogP contribution is 2.72. The van der Waals surface area contributed by atoms with Crippen LogP contribution in [-0.2, 0) is 6.42 Å². The van der Waals surface area contributed by atoms with Gasteiger partial charge in [0.15, 0.2) is 0 Å². The average molecular weight is 224 g/mol. The summed E-state index contributed by atoms with van der Waals surface area (Å²) in [5.41, 5.74) is 7.57. The lowest BCUT2D eigenvalue weighted by atomic mass is 9.66. The van der Waals surface area contributed by atoms with Gasteiger partial charge < -0.3 is 0 Å². The Kier molecular flexibility index (Phi) is 1.57. The van der Waals surface area contributed by atoms with E-state index >= 15 is 0 Å². The van der Waals surface area contributed by atoms with E-state index in [1.165, 1.54) is 19.3 Å². The van der Waals surface area contributed by atoms with Crippen molar-refractivity contribution >= 4 is 5.57 Å². The van der Waals surface area contributed by atoms with Crippen LogP contribution in [0.25, 0.3) is 5.57 Å². The topological polar surface area (TPSA) is 0 Å². The lowest BCUT2D eigenvalue weighted by Crippen LogP contribution is -2.30. The fraction of sp³-hybridized carbons (Fsp3) is 0.529. The number of benzene rings is 1. The summed E-state index contributed by atoms with van der Waals surface area (Å²) in [5.74, 6) is 0.842. The van der Waals surface area contributed by atoms with Crippen molar-refractivity contribution in [2.75, 3.05) is 0 Å². The standard InChI is InChI=1S/C17H20/c1-16(2)14-8-9-17(16,3)15-12-7-5-4-6-11(12)10-13(14)15/h4-7,14H,8-10H2,1-3H3/t14-,17+/m1/s1. The summed E-state index contributed by atoms with van der Waals surface area (Å²) in [6.45, 7) is 7.49. The SMILES string of the molecule is CC1(C)[C@@H]2CC[C@@]1(C)C1=C2Cc2ccccc21. The van der Waals surface area contributed by atoms with Gasteiger partial charge in [0.1, 0.15) is 0 Å². The molecular weight excluding hydrogens is 204 g/mol. The van der Waals surface area contributed by atoms with Crippen molar-refractivity contribution in [3.63, 3.8) is 0 Å². The molecule has 0 nitrogen and oxygen atoms in total. The first-order chi connectivity index (χ1) is 8.06. The zero-order chi connectivity index (χ0) is 11.8. The predicted octanol–water partition coefficient (Wildman–Crippen LogP) is 4.45. The maximum atomic E-state index is 2.51. The molecule has 88 valence electrons. The van der Waals surface area contributed by atoms with Crippen LogP contribution in [0.2, 0.25) is 0 Å². The summed E-state index contributed by atoms with van der Waals surface area (Å²) in [6, 6.07) is 9.07. The lowest BCUT2D eigenvalue weighted by molar-refractivity contribution is 0.185. The molecule has 1 aromatic rings. The van der Waals surface area contributed by atoms with Gasteiger partial charge in [0.2, 0.25) is 0 Å². The third-order valence-electron chi connectivity index (χ3n) is 6.19. The minimum absolute atomic E-state index is 0.430. The van der Waals surface area contributed by atoms with Gasteiger partial charge in [-0.05, 0) is 52.7 Å². The molecule has 0 heteroatoms. The maximum Gasteiger partial charge on any atom is -0.00124 e. The molecule has 3 aliphatic carbocycles. The largest absolute Gasteiger partial charge is 0.0619 e. The molecule has 0 aliphatic heterocycles. The second kappa shape index (κ2) is 2.68. The summed E-state index contributed by atoms with van der Waals surface area (Å²) in [6.07, 6.45) is 4.03. The molecule has 17 heavy (non-hydrogen) atoms. The van der Waals surface area contributed by atoms with Crippen molar-refractivity contribution in [1.29, 1.82) is 0 Å². The molecule has 0 unspecified atom stereocenters. The summed E-state index contributed by atoms with van der Waals surface area (Å²) < 4.78 is 0. The van der Waals surface area contributed by atoms with E-state index in [-0.39, 0.29) is 0 Å². The Hall–Kier alpha value is -1.04. The minimum Gasteiger partial charge on any atom is -0.0619 e. The first-order valence-electron chi connectivity index (χ1n) is 6.87. The summed E-state index contributed by atoms with van der Waals surface area (Å²) in [5, 5.41) is 0. The molecule has 2 bridgehead atoms. The molecule has 0 radical (unpaired) electrons. The first kappa shape index (κ1) is 9.94. The minimum atomic E-state index is 0.430. The predicted molar refractivity (Wildman–Crippen MR) is 71.7 cm³/mol. The average Bonchev–Trinajstić information content (AvgIpc) is 2.82. The molecule has 0 aromatic heterocycles. The van der Waals surface area contributed by atoms with Crippen LogP contribution in [0.3, 0.4) is 0 Å². The van der Waals surface area contributed by atoms with Crippen LogP contribution in [0.1, 0.15) is 44.7 Å². The van der Waals surface area contributed by atoms with Crippen LogP contribution in [0.5, 0.6) is 0 Å². The number of hydrogen-bond donors (Lipinski definition) is 0. The Labute approximate surface area is 104 Å². The molecule has 3 aliphatic rings. The number of rotatable bonds is 0. The van der Waals surface area contributed by atoms with E-state index < -0.39 is 0 Å². The van der Waals surface area contributed by atoms with Crippen molar-refractivity contribution in [3.05, 3.63) is 41.0 Å². The van der Waals surface area contributed by atoms with E-state index in [2.05, 4.69) is 45.0 Å². The quantitative estimate of drug-likeness (QED) is 0.610. The van der Waals surface area contributed by atoms with Crippen LogP contribution < -0.4 is 0 Å². The fourth-order valence-corrected chi connectivity index (χ4v) is 4.89. The van der Waals surface area contributed by atoms with E-state index in [0.29, 0.717) is 10.8 Å². The van der Waals surface area contributed by atoms with Crippen LogP contribution in [0.15, 0.2) is 29.8 Å². The maximum absolute atomic E-state index is 2.51. The molecule has 0 N–H and O–H groups in total. The van der Waals surface area contributed by atoms with Gasteiger partial charge in [-0.15, -0.1) is 0 Å². The highest BCUT2D eigenvalue weighted by Gasteiger charge is 2.61. The molecule has 1 aromatic carbocycles. The Morgan fingerprint density at radius 2 is 1.88 bits per heavy atom. The smallest absolute Gasteiger partial charge is 0.00124 e. The zero-order valence-electron chi connectivity index (χ0n) is 11.0. The van der Waals surface area contributed by atoms with E-state index in [4.69, 9.17) is 0 Å². The van der Waals surface area contributed by atoms with Gasteiger partial charge in [-0.3, -0.25) is 0 Å². The molecule has 0 spiro atoms. The molecule has 4 rings (SSSR count). The van der Waals surface area contributed by atoms with Crippen LogP contribution in [0, 0.1) is 16.7 Å². The molecule has 2 atom stereocenters. The van der Waals surface area contributed by atoms with E-state index in [1.54, 1.807) is 22.3 Å². The van der Waals surface area contributed by atoms with Crippen molar-refractivity contribution in [3.8, 4) is 0 Å². The van der Waals surface area contributed by atoms with Crippen LogP contribution in [0.4, 0.5) is 0 Å². The van der Waals surface area contributed by atoms with E-state index in [0.717, 1.165) is 5.92 Å². The monoisotopic (exact) mass is 224 g/mol. The van der Waals surface area contributed by atoms with Crippen molar-refractivity contribution in [1.82, 2.24) is 0 Å². The summed E-state index contributed by atoms with van der Waals surface area (Å²) >= 11 is 0. The van der Waals surface area contributed by atoms with E-state index in [1.807, 2.05) is 0 Å². The Morgan fingerprint density at radius 1 is 1.12 bits per heavy atom. The second-order valence-electron chi connectivity index (χ2n) is 6.88. The van der Waals surface area contributed by atoms with Gasteiger partial charge in [-0.1, -0.05) is 50.6 Å². The highest BCUT2D eigenvalue weighted by molar-refractivity contribution is 5.84. The molecule has 0 amide bonds. The zero-order valence-corrected chi connectivity index (χ0v) is 11.0. The van der Waals surface area contributed by atoms with Gasteiger partial charge in [0.05, 0.1) is 0 Å². The highest BCUT2D eigenvalue weighted by atomic mass is 14.6. The van der Waals surface area contributed by atoms with Crippen molar-refractivity contribution in [2.45, 2.75) is 40.0 Å². The van der Waals surface area contributed by atoms with Gasteiger partial charge in [0, 0.05) is 0 Å². The van der Waals surface area contributed by atoms with Crippen LogP contribution in [-0.4, -0.2) is 0 Å². The van der Waals surface area contributed by atoms with Gasteiger partial charge in [0.25, 0.3) is 0 Å². The second-order valence-corrected chi connectivity index (χ2v) is 6.88. The van der Waals surface area contributed by atoms with Gasteiger partial charge >= 0.3 is 0 Å². The third kappa shape index (κ3) is 0.896. The van der Waals surface area contributed by atoms with Crippen molar-refractivity contribution in [2.24, 2.45) is 16.7 Å². The fourth-order valence-electron chi connectivity index (χ4n) is 4.89. The number of fused-ring (bicyclic) bond motifs is 6. The molecule has 0 saturated heterocycles. The Morgan fingerprint density at radius 3 is 2.71 bits per heavy atom. The van der Waals surface area contributed by atoms with Gasteiger partial charge in [-0.25, -0.2) is 0 Å². The third-order valence-corrected chi connectivity index (χ3v) is 6.19. The Balaban J connectivity index is 1.98. The normalized spacial score (nSPS) is 36.3. The molecule has 0 heterocycles. The van der Waals surface area contributed by atoms with Gasteiger partial charge in [-0.2, -0.15) is 0 Å². The summed E-state index contributed by atoms with van der Waals surface area (Å²) in [4.78, 5) is 0. The molecule has 1 saturated carbocycles. The number of hydrogen-bond acceptors (Lipinski definition) is 0. The van der Waals surface area contributed by atoms with Crippen molar-refractivity contribution < 1.29 is 0 Å². The Bertz CT molecular complexity index is 547. The lowest BCUT2D eigenvalue weighted by Gasteiger charge is -2.38. The number of allylic oxidation sites excluding steroid dienone is 2. The molecule has 1 fully saturated rings.